The molecule has 2 aromatic rings. The Kier molecular flexibility index (Phi) is 2.34. The normalized spacial score (nSPS) is 23.2. The van der Waals surface area contributed by atoms with Gasteiger partial charge in [-0.3, -0.25) is 4.98 Å². The maximum Gasteiger partial charge on any atom is 0.178 e. The van der Waals surface area contributed by atoms with Gasteiger partial charge in [0.25, 0.3) is 0 Å². The zero-order valence-corrected chi connectivity index (χ0v) is 10.6. The van der Waals surface area contributed by atoms with Crippen LogP contribution in [-0.4, -0.2) is 34.5 Å². The van der Waals surface area contributed by atoms with Crippen molar-refractivity contribution in [3.63, 3.8) is 0 Å². The van der Waals surface area contributed by atoms with Crippen molar-refractivity contribution in [2.24, 2.45) is 0 Å². The second-order valence-corrected chi connectivity index (χ2v) is 6.87. The summed E-state index contributed by atoms with van der Waals surface area (Å²) >= 11 is 5.25. The van der Waals surface area contributed by atoms with Crippen LogP contribution < -0.4 is 0 Å². The molecule has 90 valence electrons. The largest absolute Gasteiger partial charge is 0.329 e. The summed E-state index contributed by atoms with van der Waals surface area (Å²) < 4.78 is 25.5. The Morgan fingerprint density at radius 3 is 3.06 bits per heavy atom. The van der Waals surface area contributed by atoms with E-state index in [-0.39, 0.29) is 17.5 Å². The van der Waals surface area contributed by atoms with Crippen LogP contribution in [0.2, 0.25) is 0 Å². The fraction of sp³-hybridized carbons (Fsp3) is 0.400. The Balaban J connectivity index is 2.18. The highest BCUT2D eigenvalue weighted by Crippen LogP contribution is 2.27. The lowest BCUT2D eigenvalue weighted by Crippen LogP contribution is -2.10. The molecule has 2 aromatic heterocycles. The van der Waals surface area contributed by atoms with Gasteiger partial charge in [-0.2, -0.15) is 0 Å². The number of hydrogen-bond donors (Lipinski definition) is 1. The molecule has 0 bridgehead atoms. The zero-order chi connectivity index (χ0) is 12.0. The van der Waals surface area contributed by atoms with Crippen molar-refractivity contribution < 1.29 is 8.42 Å². The minimum absolute atomic E-state index is 0.0522. The zero-order valence-electron chi connectivity index (χ0n) is 8.96. The molecule has 17 heavy (non-hydrogen) atoms. The summed E-state index contributed by atoms with van der Waals surface area (Å²) in [6.45, 7) is 0. The summed E-state index contributed by atoms with van der Waals surface area (Å²) in [4.78, 5) is 7.07. The van der Waals surface area contributed by atoms with Gasteiger partial charge in [-0.05, 0) is 24.7 Å². The van der Waals surface area contributed by atoms with E-state index in [0.717, 1.165) is 11.0 Å². The number of nitrogens with zero attached hydrogens (tertiary/aromatic N) is 2. The Morgan fingerprint density at radius 1 is 1.53 bits per heavy atom. The number of H-pyrrole nitrogens is 1. The molecular weight excluding hydrogens is 258 g/mol. The van der Waals surface area contributed by atoms with Gasteiger partial charge in [-0.15, -0.1) is 0 Å². The van der Waals surface area contributed by atoms with Crippen LogP contribution in [0.4, 0.5) is 0 Å². The summed E-state index contributed by atoms with van der Waals surface area (Å²) in [6, 6.07) is 1.80. The number of rotatable bonds is 1. The van der Waals surface area contributed by atoms with Crippen molar-refractivity contribution in [2.75, 3.05) is 11.5 Å². The first-order chi connectivity index (χ1) is 8.07. The monoisotopic (exact) mass is 269 g/mol. The van der Waals surface area contributed by atoms with E-state index in [1.807, 2.05) is 10.6 Å². The third-order valence-corrected chi connectivity index (χ3v) is 5.14. The first-order valence-electron chi connectivity index (χ1n) is 5.31. The fourth-order valence-electron chi connectivity index (χ4n) is 2.32. The molecule has 1 aliphatic heterocycles. The van der Waals surface area contributed by atoms with Gasteiger partial charge in [0.15, 0.2) is 14.6 Å². The molecule has 1 aliphatic rings. The molecule has 1 saturated heterocycles. The number of imidazole rings is 1. The van der Waals surface area contributed by atoms with Gasteiger partial charge < -0.3 is 9.55 Å². The summed E-state index contributed by atoms with van der Waals surface area (Å²) in [5.41, 5.74) is 1.77. The predicted octanol–water partition coefficient (Wildman–Crippen LogP) is 1.45. The smallest absolute Gasteiger partial charge is 0.178 e. The first-order valence-corrected chi connectivity index (χ1v) is 7.54. The van der Waals surface area contributed by atoms with Crippen molar-refractivity contribution in [3.8, 4) is 0 Å². The standard InChI is InChI=1S/C10H11N3O2S2/c14-17(15)4-2-7(6-17)13-9-1-3-11-5-8(9)12-10(13)16/h1,3,5,7H,2,4,6H2,(H,12,16). The maximum absolute atomic E-state index is 11.5. The Bertz CT molecular complexity index is 729. The molecule has 0 amide bonds. The third kappa shape index (κ3) is 1.79. The molecule has 7 heteroatoms. The van der Waals surface area contributed by atoms with Gasteiger partial charge in [0.05, 0.1) is 34.8 Å². The molecule has 0 radical (unpaired) electrons. The van der Waals surface area contributed by atoms with E-state index in [4.69, 9.17) is 12.2 Å². The molecule has 3 heterocycles. The number of pyridine rings is 1. The van der Waals surface area contributed by atoms with Gasteiger partial charge in [0, 0.05) is 6.20 Å². The fourth-order valence-corrected chi connectivity index (χ4v) is 4.38. The predicted molar refractivity (Wildman–Crippen MR) is 67.2 cm³/mol. The highest BCUT2D eigenvalue weighted by atomic mass is 32.2. The average molecular weight is 269 g/mol. The lowest BCUT2D eigenvalue weighted by molar-refractivity contribution is 0.563. The van der Waals surface area contributed by atoms with Crippen LogP contribution in [-0.2, 0) is 9.84 Å². The second kappa shape index (κ2) is 3.64. The van der Waals surface area contributed by atoms with Crippen molar-refractivity contribution in [1.29, 1.82) is 0 Å². The number of aromatic amines is 1. The number of hydrogen-bond acceptors (Lipinski definition) is 4. The molecule has 1 atom stereocenters. The average Bonchev–Trinajstić information content (AvgIpc) is 2.77. The van der Waals surface area contributed by atoms with Gasteiger partial charge >= 0.3 is 0 Å². The van der Waals surface area contributed by atoms with Crippen LogP contribution in [0.25, 0.3) is 11.0 Å². The van der Waals surface area contributed by atoms with Crippen molar-refractivity contribution in [2.45, 2.75) is 12.5 Å². The molecule has 0 aromatic carbocycles. The van der Waals surface area contributed by atoms with E-state index >= 15 is 0 Å². The molecule has 1 N–H and O–H groups in total. The summed E-state index contributed by atoms with van der Waals surface area (Å²) in [5.74, 6) is 0.424. The lowest BCUT2D eigenvalue weighted by Gasteiger charge is -2.10. The second-order valence-electron chi connectivity index (χ2n) is 4.25. The van der Waals surface area contributed by atoms with Crippen LogP contribution in [0.5, 0.6) is 0 Å². The van der Waals surface area contributed by atoms with E-state index in [9.17, 15) is 8.42 Å². The van der Waals surface area contributed by atoms with Gasteiger partial charge in [0.2, 0.25) is 0 Å². The molecule has 5 nitrogen and oxygen atoms in total. The maximum atomic E-state index is 11.5. The minimum Gasteiger partial charge on any atom is -0.329 e. The van der Waals surface area contributed by atoms with Crippen LogP contribution >= 0.6 is 12.2 Å². The van der Waals surface area contributed by atoms with Crippen molar-refractivity contribution in [1.82, 2.24) is 14.5 Å². The number of aromatic nitrogens is 3. The summed E-state index contributed by atoms with van der Waals surface area (Å²) in [5, 5.41) is 0. The number of nitrogens with one attached hydrogen (secondary N) is 1. The highest BCUT2D eigenvalue weighted by Gasteiger charge is 2.30. The summed E-state index contributed by atoms with van der Waals surface area (Å²) in [6.07, 6.45) is 4.02. The lowest BCUT2D eigenvalue weighted by atomic mass is 10.2. The van der Waals surface area contributed by atoms with Gasteiger partial charge in [-0.25, -0.2) is 8.42 Å². The number of sulfone groups is 1. The van der Waals surface area contributed by atoms with E-state index < -0.39 is 9.84 Å². The van der Waals surface area contributed by atoms with Crippen LogP contribution in [0.1, 0.15) is 12.5 Å². The van der Waals surface area contributed by atoms with Crippen LogP contribution in [0.15, 0.2) is 18.5 Å². The Morgan fingerprint density at radius 2 is 2.35 bits per heavy atom. The highest BCUT2D eigenvalue weighted by molar-refractivity contribution is 7.91. The molecule has 1 unspecified atom stereocenters. The summed E-state index contributed by atoms with van der Waals surface area (Å²) in [7, 11) is -2.90. The topological polar surface area (TPSA) is 67.8 Å². The van der Waals surface area contributed by atoms with Crippen molar-refractivity contribution in [3.05, 3.63) is 23.2 Å². The van der Waals surface area contributed by atoms with Crippen LogP contribution in [0, 0.1) is 4.77 Å². The van der Waals surface area contributed by atoms with E-state index in [1.54, 1.807) is 12.4 Å². The van der Waals surface area contributed by atoms with Crippen molar-refractivity contribution >= 4 is 33.1 Å². The minimum atomic E-state index is -2.90. The van der Waals surface area contributed by atoms with E-state index in [2.05, 4.69) is 9.97 Å². The molecule has 0 spiro atoms. The third-order valence-electron chi connectivity index (χ3n) is 3.09. The van der Waals surface area contributed by atoms with Gasteiger partial charge in [-0.1, -0.05) is 0 Å². The first kappa shape index (κ1) is 10.9. The number of fused-ring (bicyclic) bond motifs is 1. The van der Waals surface area contributed by atoms with Gasteiger partial charge in [0.1, 0.15) is 0 Å². The molecular formula is C10H11N3O2S2. The Hall–Kier alpha value is -1.21. The van der Waals surface area contributed by atoms with E-state index in [0.29, 0.717) is 11.2 Å². The van der Waals surface area contributed by atoms with E-state index in [1.165, 1.54) is 0 Å². The molecule has 0 saturated carbocycles. The van der Waals surface area contributed by atoms with Crippen LogP contribution in [0.3, 0.4) is 0 Å². The molecule has 1 fully saturated rings. The molecule has 0 aliphatic carbocycles. The SMILES string of the molecule is O=S1(=O)CCC(n2c(=S)[nH]c3cnccc32)C1. The quantitative estimate of drug-likeness (QED) is 0.796. The molecule has 3 rings (SSSR count). The Labute approximate surface area is 103 Å².